The van der Waals surface area contributed by atoms with E-state index in [2.05, 4.69) is 46.0 Å². The van der Waals surface area contributed by atoms with Gasteiger partial charge in [-0.15, -0.1) is 17.8 Å². The van der Waals surface area contributed by atoms with Crippen LogP contribution in [0.25, 0.3) is 0 Å². The predicted molar refractivity (Wildman–Crippen MR) is 108 cm³/mol. The van der Waals surface area contributed by atoms with E-state index < -0.39 is 0 Å². The van der Waals surface area contributed by atoms with Crippen molar-refractivity contribution in [3.05, 3.63) is 46.2 Å². The zero-order valence-electron chi connectivity index (χ0n) is 15.2. The third-order valence-electron chi connectivity index (χ3n) is 3.55. The summed E-state index contributed by atoms with van der Waals surface area (Å²) < 4.78 is 10.8. The lowest BCUT2D eigenvalue weighted by Crippen LogP contribution is -2.38. The van der Waals surface area contributed by atoms with Crippen LogP contribution in [0.15, 0.2) is 40.7 Å². The summed E-state index contributed by atoms with van der Waals surface area (Å²) in [7, 11) is 1.61. The molecule has 0 radical (unpaired) electrons. The molecule has 0 aliphatic heterocycles. The van der Waals surface area contributed by atoms with Gasteiger partial charge in [0.15, 0.2) is 17.5 Å². The molecule has 0 amide bonds. The minimum Gasteiger partial charge on any atom is -0.493 e. The molecule has 26 heavy (non-hydrogen) atoms. The molecule has 2 aromatic rings. The van der Waals surface area contributed by atoms with Crippen molar-refractivity contribution in [2.24, 2.45) is 4.99 Å². The van der Waals surface area contributed by atoms with Gasteiger partial charge in [0, 0.05) is 18.0 Å². The van der Waals surface area contributed by atoms with E-state index in [1.807, 2.05) is 18.2 Å². The monoisotopic (exact) mass is 371 g/mol. The molecule has 0 aliphatic rings. The molecule has 0 fully saturated rings. The van der Waals surface area contributed by atoms with Gasteiger partial charge in [0.05, 0.1) is 13.7 Å². The van der Waals surface area contributed by atoms with Gasteiger partial charge in [0.2, 0.25) is 0 Å². The van der Waals surface area contributed by atoms with Gasteiger partial charge in [-0.1, -0.05) is 18.1 Å². The Morgan fingerprint density at radius 1 is 1.27 bits per heavy atom. The highest BCUT2D eigenvalue weighted by molar-refractivity contribution is 7.09. The number of terminal acetylenes is 1. The van der Waals surface area contributed by atoms with Crippen LogP contribution in [0.5, 0.6) is 11.5 Å². The van der Waals surface area contributed by atoms with Crippen molar-refractivity contribution in [3.63, 3.8) is 0 Å². The van der Waals surface area contributed by atoms with Gasteiger partial charge < -0.3 is 20.1 Å². The SMILES string of the molecule is C#CCOc1cc(CN=C(NCC)NCCc2cccs2)ccc1OC. The first kappa shape index (κ1) is 19.7. The molecule has 1 aromatic carbocycles. The quantitative estimate of drug-likeness (QED) is 0.404. The van der Waals surface area contributed by atoms with E-state index in [1.54, 1.807) is 18.4 Å². The van der Waals surface area contributed by atoms with Crippen LogP contribution < -0.4 is 20.1 Å². The van der Waals surface area contributed by atoms with Crippen molar-refractivity contribution in [1.82, 2.24) is 10.6 Å². The lowest BCUT2D eigenvalue weighted by atomic mass is 10.2. The maximum atomic E-state index is 5.54. The molecule has 0 bridgehead atoms. The normalized spacial score (nSPS) is 10.9. The topological polar surface area (TPSA) is 54.9 Å². The van der Waals surface area contributed by atoms with Gasteiger partial charge in [0.1, 0.15) is 6.61 Å². The fourth-order valence-electron chi connectivity index (χ4n) is 2.32. The van der Waals surface area contributed by atoms with E-state index in [1.165, 1.54) is 4.88 Å². The van der Waals surface area contributed by atoms with Crippen LogP contribution in [0.3, 0.4) is 0 Å². The number of hydrogen-bond acceptors (Lipinski definition) is 4. The second-order valence-corrected chi connectivity index (χ2v) is 6.46. The van der Waals surface area contributed by atoms with E-state index in [9.17, 15) is 0 Å². The van der Waals surface area contributed by atoms with Gasteiger partial charge >= 0.3 is 0 Å². The van der Waals surface area contributed by atoms with Gasteiger partial charge in [0.25, 0.3) is 0 Å². The highest BCUT2D eigenvalue weighted by Gasteiger charge is 2.06. The Morgan fingerprint density at radius 3 is 2.85 bits per heavy atom. The lowest BCUT2D eigenvalue weighted by molar-refractivity contribution is 0.330. The number of hydrogen-bond donors (Lipinski definition) is 2. The summed E-state index contributed by atoms with van der Waals surface area (Å²) in [5.74, 6) is 4.56. The molecule has 5 nitrogen and oxygen atoms in total. The molecular formula is C20H25N3O2S. The summed E-state index contributed by atoms with van der Waals surface area (Å²) in [6, 6.07) is 9.97. The van der Waals surface area contributed by atoms with Crippen LogP contribution in [0.2, 0.25) is 0 Å². The zero-order valence-corrected chi connectivity index (χ0v) is 16.1. The summed E-state index contributed by atoms with van der Waals surface area (Å²) in [5, 5.41) is 8.72. The number of benzene rings is 1. The second kappa shape index (κ2) is 11.1. The Hall–Kier alpha value is -2.65. The number of nitrogens with one attached hydrogen (secondary N) is 2. The van der Waals surface area contributed by atoms with Crippen LogP contribution in [-0.4, -0.2) is 32.8 Å². The smallest absolute Gasteiger partial charge is 0.191 e. The highest BCUT2D eigenvalue weighted by atomic mass is 32.1. The number of rotatable bonds is 9. The highest BCUT2D eigenvalue weighted by Crippen LogP contribution is 2.28. The average Bonchev–Trinajstić information content (AvgIpc) is 3.18. The van der Waals surface area contributed by atoms with Crippen molar-refractivity contribution in [3.8, 4) is 23.8 Å². The zero-order chi connectivity index (χ0) is 18.6. The van der Waals surface area contributed by atoms with E-state index in [0.29, 0.717) is 18.0 Å². The number of aliphatic imine (C=N–C) groups is 1. The molecule has 2 rings (SSSR count). The number of nitrogens with zero attached hydrogens (tertiary/aromatic N) is 1. The molecule has 1 aromatic heterocycles. The lowest BCUT2D eigenvalue weighted by Gasteiger charge is -2.12. The Balaban J connectivity index is 1.97. The van der Waals surface area contributed by atoms with Crippen LogP contribution in [0.1, 0.15) is 17.4 Å². The molecule has 0 aliphatic carbocycles. The van der Waals surface area contributed by atoms with E-state index >= 15 is 0 Å². The summed E-state index contributed by atoms with van der Waals surface area (Å²) in [6.07, 6.45) is 6.25. The molecule has 0 saturated carbocycles. The third kappa shape index (κ3) is 6.34. The molecule has 0 unspecified atom stereocenters. The molecule has 1 heterocycles. The van der Waals surface area contributed by atoms with Gasteiger partial charge in [-0.05, 0) is 42.5 Å². The molecule has 0 saturated heterocycles. The molecule has 0 spiro atoms. The average molecular weight is 372 g/mol. The minimum absolute atomic E-state index is 0.204. The van der Waals surface area contributed by atoms with E-state index in [4.69, 9.17) is 15.9 Å². The summed E-state index contributed by atoms with van der Waals surface area (Å²) in [5.41, 5.74) is 1.02. The molecular weight excluding hydrogens is 346 g/mol. The minimum atomic E-state index is 0.204. The molecule has 6 heteroatoms. The standard InChI is InChI=1S/C20H25N3O2S/c1-4-12-25-19-14-16(8-9-18(19)24-3)15-23-20(21-5-2)22-11-10-17-7-6-13-26-17/h1,6-9,13-14H,5,10-12,15H2,2-3H3,(H2,21,22,23). The fraction of sp³-hybridized carbons (Fsp3) is 0.350. The maximum absolute atomic E-state index is 5.54. The van der Waals surface area contributed by atoms with E-state index in [-0.39, 0.29) is 6.61 Å². The van der Waals surface area contributed by atoms with Crippen LogP contribution in [-0.2, 0) is 13.0 Å². The van der Waals surface area contributed by atoms with Crippen LogP contribution >= 0.6 is 11.3 Å². The largest absolute Gasteiger partial charge is 0.493 e. The number of ether oxygens (including phenoxy) is 2. The van der Waals surface area contributed by atoms with Crippen LogP contribution in [0.4, 0.5) is 0 Å². The number of guanidine groups is 1. The van der Waals surface area contributed by atoms with Gasteiger partial charge in [-0.25, -0.2) is 4.99 Å². The first-order valence-corrected chi connectivity index (χ1v) is 9.42. The van der Waals surface area contributed by atoms with Crippen molar-refractivity contribution in [1.29, 1.82) is 0 Å². The Kier molecular flexibility index (Phi) is 8.37. The molecule has 138 valence electrons. The van der Waals surface area contributed by atoms with Gasteiger partial charge in [-0.2, -0.15) is 0 Å². The third-order valence-corrected chi connectivity index (χ3v) is 4.48. The Labute approximate surface area is 159 Å². The number of methoxy groups -OCH3 is 1. The molecule has 0 atom stereocenters. The fourth-order valence-corrected chi connectivity index (χ4v) is 3.03. The van der Waals surface area contributed by atoms with Crippen molar-refractivity contribution < 1.29 is 9.47 Å². The van der Waals surface area contributed by atoms with Crippen LogP contribution in [0, 0.1) is 12.3 Å². The predicted octanol–water partition coefficient (Wildman–Crippen LogP) is 3.07. The van der Waals surface area contributed by atoms with Crippen molar-refractivity contribution >= 4 is 17.3 Å². The molecule has 2 N–H and O–H groups in total. The number of thiophene rings is 1. The summed E-state index contributed by atoms with van der Waals surface area (Å²) in [4.78, 5) is 6.00. The van der Waals surface area contributed by atoms with Crippen molar-refractivity contribution in [2.75, 3.05) is 26.8 Å². The Bertz CT molecular complexity index is 736. The Morgan fingerprint density at radius 2 is 2.15 bits per heavy atom. The second-order valence-electron chi connectivity index (χ2n) is 5.43. The summed E-state index contributed by atoms with van der Waals surface area (Å²) in [6.45, 7) is 4.44. The maximum Gasteiger partial charge on any atom is 0.191 e. The van der Waals surface area contributed by atoms with E-state index in [0.717, 1.165) is 31.0 Å². The first-order valence-electron chi connectivity index (χ1n) is 8.54. The van der Waals surface area contributed by atoms with Gasteiger partial charge in [-0.3, -0.25) is 0 Å². The summed E-state index contributed by atoms with van der Waals surface area (Å²) >= 11 is 1.77. The first-order chi connectivity index (χ1) is 12.8. The van der Waals surface area contributed by atoms with Crippen molar-refractivity contribution in [2.45, 2.75) is 19.9 Å².